The van der Waals surface area contributed by atoms with E-state index in [1.165, 1.54) is 31.2 Å². The average molecular weight is 178 g/mol. The molecule has 0 N–H and O–H groups in total. The lowest BCUT2D eigenvalue weighted by Crippen LogP contribution is -1.99. The fraction of sp³-hybridized carbons (Fsp3) is 0.636. The minimum atomic E-state index is 0.663. The van der Waals surface area contributed by atoms with E-state index in [1.54, 1.807) is 6.33 Å². The Morgan fingerprint density at radius 1 is 1.08 bits per heavy atom. The molecule has 0 spiro atoms. The molecule has 0 bridgehead atoms. The molecule has 1 rings (SSSR count). The molecule has 0 atom stereocenters. The highest BCUT2D eigenvalue weighted by molar-refractivity contribution is 5.09. The quantitative estimate of drug-likeness (QED) is 0.692. The lowest BCUT2D eigenvalue weighted by Gasteiger charge is -2.13. The predicted octanol–water partition coefficient (Wildman–Crippen LogP) is 3.16. The molecule has 0 aromatic carbocycles. The summed E-state index contributed by atoms with van der Waals surface area (Å²) in [6, 6.07) is 0. The smallest absolute Gasteiger partial charge is 0.115 e. The summed E-state index contributed by atoms with van der Waals surface area (Å²) in [4.78, 5) is 8.12. The molecule has 0 unspecified atom stereocenters. The van der Waals surface area contributed by atoms with Crippen molar-refractivity contribution in [3.63, 3.8) is 0 Å². The summed E-state index contributed by atoms with van der Waals surface area (Å²) in [5.41, 5.74) is 1.30. The van der Waals surface area contributed by atoms with E-state index in [-0.39, 0.29) is 0 Å². The minimum absolute atomic E-state index is 0.663. The van der Waals surface area contributed by atoms with Gasteiger partial charge in [-0.25, -0.2) is 9.97 Å². The van der Waals surface area contributed by atoms with Crippen molar-refractivity contribution >= 4 is 0 Å². The Kier molecular flexibility index (Phi) is 4.44. The van der Waals surface area contributed by atoms with Gasteiger partial charge in [0.2, 0.25) is 0 Å². The summed E-state index contributed by atoms with van der Waals surface area (Å²) in [6.45, 7) is 4.46. The number of rotatable bonds is 5. The van der Waals surface area contributed by atoms with Crippen molar-refractivity contribution in [2.75, 3.05) is 0 Å². The van der Waals surface area contributed by atoms with Crippen LogP contribution in [0.3, 0.4) is 0 Å². The highest BCUT2D eigenvalue weighted by atomic mass is 14.8. The molecule has 13 heavy (non-hydrogen) atoms. The van der Waals surface area contributed by atoms with E-state index in [1.807, 2.05) is 12.4 Å². The normalized spacial score (nSPS) is 10.7. The van der Waals surface area contributed by atoms with Crippen molar-refractivity contribution in [3.8, 4) is 0 Å². The van der Waals surface area contributed by atoms with Gasteiger partial charge in [0.05, 0.1) is 0 Å². The van der Waals surface area contributed by atoms with Gasteiger partial charge in [0, 0.05) is 12.4 Å². The van der Waals surface area contributed by atoms with E-state index in [2.05, 4.69) is 23.8 Å². The molecule has 0 aliphatic heterocycles. The first-order valence-corrected chi connectivity index (χ1v) is 5.13. The van der Waals surface area contributed by atoms with Gasteiger partial charge in [-0.05, 0) is 24.3 Å². The third-order valence-corrected chi connectivity index (χ3v) is 2.33. The molecule has 0 saturated carbocycles. The van der Waals surface area contributed by atoms with Gasteiger partial charge >= 0.3 is 0 Å². The van der Waals surface area contributed by atoms with Gasteiger partial charge in [-0.15, -0.1) is 0 Å². The number of aromatic nitrogens is 2. The Hall–Kier alpha value is -0.920. The first kappa shape index (κ1) is 10.2. The molecule has 1 aromatic rings. The van der Waals surface area contributed by atoms with Crippen LogP contribution in [0.1, 0.15) is 51.0 Å². The zero-order valence-corrected chi connectivity index (χ0v) is 8.53. The summed E-state index contributed by atoms with van der Waals surface area (Å²) in [5, 5.41) is 0. The second kappa shape index (κ2) is 5.68. The molecule has 0 aliphatic rings. The van der Waals surface area contributed by atoms with Crippen molar-refractivity contribution in [2.24, 2.45) is 0 Å². The second-order valence-electron chi connectivity index (χ2n) is 3.45. The first-order chi connectivity index (χ1) is 6.38. The molecule has 0 fully saturated rings. The van der Waals surface area contributed by atoms with Crippen LogP contribution in [-0.4, -0.2) is 9.97 Å². The van der Waals surface area contributed by atoms with Crippen molar-refractivity contribution in [1.29, 1.82) is 0 Å². The molecule has 2 heteroatoms. The van der Waals surface area contributed by atoms with Crippen LogP contribution in [0.15, 0.2) is 18.7 Å². The van der Waals surface area contributed by atoms with Crippen LogP contribution in [0.5, 0.6) is 0 Å². The Labute approximate surface area is 80.4 Å². The van der Waals surface area contributed by atoms with E-state index in [4.69, 9.17) is 0 Å². The van der Waals surface area contributed by atoms with Crippen LogP contribution in [0, 0.1) is 0 Å². The van der Waals surface area contributed by atoms with Crippen molar-refractivity contribution < 1.29 is 0 Å². The van der Waals surface area contributed by atoms with E-state index in [0.29, 0.717) is 5.92 Å². The Morgan fingerprint density at radius 3 is 2.08 bits per heavy atom. The highest BCUT2D eigenvalue weighted by Crippen LogP contribution is 2.24. The monoisotopic (exact) mass is 178 g/mol. The van der Waals surface area contributed by atoms with Crippen LogP contribution in [-0.2, 0) is 0 Å². The Morgan fingerprint density at radius 2 is 1.62 bits per heavy atom. The van der Waals surface area contributed by atoms with Gasteiger partial charge < -0.3 is 0 Å². The first-order valence-electron chi connectivity index (χ1n) is 5.13. The van der Waals surface area contributed by atoms with E-state index < -0.39 is 0 Å². The van der Waals surface area contributed by atoms with E-state index >= 15 is 0 Å². The van der Waals surface area contributed by atoms with E-state index in [9.17, 15) is 0 Å². The molecular formula is C11H18N2. The molecule has 2 nitrogen and oxygen atoms in total. The van der Waals surface area contributed by atoms with Crippen molar-refractivity contribution in [3.05, 3.63) is 24.3 Å². The fourth-order valence-corrected chi connectivity index (χ4v) is 1.70. The summed E-state index contributed by atoms with van der Waals surface area (Å²) in [6.07, 6.45) is 10.5. The average Bonchev–Trinajstić information content (AvgIpc) is 2.19. The van der Waals surface area contributed by atoms with Gasteiger partial charge in [-0.3, -0.25) is 0 Å². The van der Waals surface area contributed by atoms with E-state index in [0.717, 1.165) is 0 Å². The van der Waals surface area contributed by atoms with Gasteiger partial charge in [0.25, 0.3) is 0 Å². The highest BCUT2D eigenvalue weighted by Gasteiger charge is 2.09. The fourth-order valence-electron chi connectivity index (χ4n) is 1.70. The maximum atomic E-state index is 4.06. The SMILES string of the molecule is CCCC(CCC)c1cncnc1. The zero-order chi connectivity index (χ0) is 9.52. The van der Waals surface area contributed by atoms with Crippen molar-refractivity contribution in [1.82, 2.24) is 9.97 Å². The van der Waals surface area contributed by atoms with Gasteiger partial charge in [0.1, 0.15) is 6.33 Å². The maximum Gasteiger partial charge on any atom is 0.115 e. The van der Waals surface area contributed by atoms with Gasteiger partial charge in [-0.2, -0.15) is 0 Å². The third kappa shape index (κ3) is 3.13. The van der Waals surface area contributed by atoms with Gasteiger partial charge in [-0.1, -0.05) is 26.7 Å². The predicted molar refractivity (Wildman–Crippen MR) is 54.6 cm³/mol. The van der Waals surface area contributed by atoms with Crippen molar-refractivity contribution in [2.45, 2.75) is 45.4 Å². The Bertz CT molecular complexity index is 215. The summed E-state index contributed by atoms with van der Waals surface area (Å²) in [7, 11) is 0. The standard InChI is InChI=1S/C11H18N2/c1-3-5-10(6-4-2)11-7-12-9-13-8-11/h7-10H,3-6H2,1-2H3. The van der Waals surface area contributed by atoms with Crippen LogP contribution in [0.2, 0.25) is 0 Å². The lowest BCUT2D eigenvalue weighted by atomic mass is 9.92. The molecule has 0 saturated heterocycles. The molecule has 0 aliphatic carbocycles. The summed E-state index contributed by atoms with van der Waals surface area (Å²) in [5.74, 6) is 0.663. The number of hydrogen-bond donors (Lipinski definition) is 0. The zero-order valence-electron chi connectivity index (χ0n) is 8.53. The minimum Gasteiger partial charge on any atom is -0.245 e. The molecule has 1 aromatic heterocycles. The summed E-state index contributed by atoms with van der Waals surface area (Å²) >= 11 is 0. The lowest BCUT2D eigenvalue weighted by molar-refractivity contribution is 0.557. The van der Waals surface area contributed by atoms with Crippen LogP contribution >= 0.6 is 0 Å². The second-order valence-corrected chi connectivity index (χ2v) is 3.45. The number of hydrogen-bond acceptors (Lipinski definition) is 2. The molecule has 1 heterocycles. The molecule has 72 valence electrons. The largest absolute Gasteiger partial charge is 0.245 e. The van der Waals surface area contributed by atoms with Crippen LogP contribution in [0.4, 0.5) is 0 Å². The topological polar surface area (TPSA) is 25.8 Å². The molecule has 0 amide bonds. The van der Waals surface area contributed by atoms with Crippen LogP contribution < -0.4 is 0 Å². The Balaban J connectivity index is 2.64. The molecular weight excluding hydrogens is 160 g/mol. The molecule has 0 radical (unpaired) electrons. The summed E-state index contributed by atoms with van der Waals surface area (Å²) < 4.78 is 0. The number of nitrogens with zero attached hydrogens (tertiary/aromatic N) is 2. The van der Waals surface area contributed by atoms with Crippen LogP contribution in [0.25, 0.3) is 0 Å². The maximum absolute atomic E-state index is 4.06. The third-order valence-electron chi connectivity index (χ3n) is 2.33. The van der Waals surface area contributed by atoms with Gasteiger partial charge in [0.15, 0.2) is 0 Å².